The van der Waals surface area contributed by atoms with E-state index in [2.05, 4.69) is 55.0 Å². The van der Waals surface area contributed by atoms with Crippen molar-refractivity contribution >= 4 is 33.3 Å². The van der Waals surface area contributed by atoms with E-state index in [0.717, 1.165) is 84.4 Å². The Bertz CT molecular complexity index is 1490. The van der Waals surface area contributed by atoms with Crippen LogP contribution in [0.2, 0.25) is 0 Å². The topological polar surface area (TPSA) is 57.3 Å². The number of unbranched alkanes of at least 4 members (excludes halogenated alkanes) is 1. The molecule has 6 rings (SSSR count). The summed E-state index contributed by atoms with van der Waals surface area (Å²) in [7, 11) is 3.75. The van der Waals surface area contributed by atoms with Crippen LogP contribution in [-0.4, -0.2) is 64.0 Å². The van der Waals surface area contributed by atoms with Gasteiger partial charge in [0.1, 0.15) is 16.4 Å². The van der Waals surface area contributed by atoms with Gasteiger partial charge in [-0.05, 0) is 49.7 Å². The number of hydrogen-bond acceptors (Lipinski definition) is 6. The minimum atomic E-state index is 0.860. The summed E-state index contributed by atoms with van der Waals surface area (Å²) in [4.78, 5) is 12.1. The third kappa shape index (κ3) is 4.40. The van der Waals surface area contributed by atoms with E-state index in [0.29, 0.717) is 0 Å². The van der Waals surface area contributed by atoms with Gasteiger partial charge in [0.2, 0.25) is 0 Å². The Balaban J connectivity index is 1.29. The first-order valence-electron chi connectivity index (χ1n) is 12.5. The number of thiazole rings is 1. The normalized spacial score (nSPS) is 14.7. The van der Waals surface area contributed by atoms with Crippen LogP contribution in [0, 0.1) is 0 Å². The molecule has 1 saturated heterocycles. The van der Waals surface area contributed by atoms with Gasteiger partial charge in [0.15, 0.2) is 0 Å². The zero-order valence-electron chi connectivity index (χ0n) is 20.8. The van der Waals surface area contributed by atoms with E-state index < -0.39 is 0 Å². The van der Waals surface area contributed by atoms with Crippen molar-refractivity contribution in [1.29, 1.82) is 0 Å². The summed E-state index contributed by atoms with van der Waals surface area (Å²) < 4.78 is 15.5. The van der Waals surface area contributed by atoms with Crippen LogP contribution in [-0.2, 0) is 18.3 Å². The predicted molar refractivity (Wildman–Crippen MR) is 146 cm³/mol. The van der Waals surface area contributed by atoms with Crippen molar-refractivity contribution in [3.05, 3.63) is 54.3 Å². The van der Waals surface area contributed by atoms with Gasteiger partial charge in [-0.2, -0.15) is 0 Å². The Morgan fingerprint density at radius 3 is 2.75 bits per heavy atom. The second-order valence-corrected chi connectivity index (χ2v) is 10.2. The molecule has 7 nitrogen and oxygen atoms in total. The van der Waals surface area contributed by atoms with Crippen molar-refractivity contribution in [1.82, 2.24) is 24.0 Å². The fraction of sp³-hybridized carbons (Fsp3) is 0.357. The van der Waals surface area contributed by atoms with E-state index >= 15 is 0 Å². The monoisotopic (exact) mass is 501 g/mol. The molecule has 0 spiro atoms. The molecule has 5 heterocycles. The van der Waals surface area contributed by atoms with Gasteiger partial charge in [-0.3, -0.25) is 4.90 Å². The number of aromatic nitrogens is 4. The van der Waals surface area contributed by atoms with Gasteiger partial charge >= 0.3 is 0 Å². The molecule has 0 saturated carbocycles. The van der Waals surface area contributed by atoms with Crippen LogP contribution in [0.15, 0.2) is 54.3 Å². The van der Waals surface area contributed by atoms with Crippen LogP contribution in [0.25, 0.3) is 43.8 Å². The van der Waals surface area contributed by atoms with E-state index in [4.69, 9.17) is 14.5 Å². The predicted octanol–water partition coefficient (Wildman–Crippen LogP) is 5.44. The number of aryl methyl sites for hydroxylation is 2. The van der Waals surface area contributed by atoms with Crippen molar-refractivity contribution < 1.29 is 9.47 Å². The van der Waals surface area contributed by atoms with Crippen LogP contribution in [0.4, 0.5) is 0 Å². The van der Waals surface area contributed by atoms with E-state index in [1.165, 1.54) is 17.3 Å². The highest BCUT2D eigenvalue weighted by molar-refractivity contribution is 7.13. The minimum Gasteiger partial charge on any atom is -0.497 e. The first kappa shape index (κ1) is 23.2. The lowest BCUT2D eigenvalue weighted by Crippen LogP contribution is -2.36. The number of nitrogens with zero attached hydrogens (tertiary/aromatic N) is 5. The molecular weight excluding hydrogens is 470 g/mol. The molecule has 1 aromatic carbocycles. The first-order valence-corrected chi connectivity index (χ1v) is 13.4. The Labute approximate surface area is 214 Å². The number of methoxy groups -OCH3 is 1. The summed E-state index contributed by atoms with van der Waals surface area (Å²) in [6.07, 6.45) is 8.55. The SMILES string of the molecule is COc1ccc2c(c1)c(-c1nc(-c3cn(C)c4ncccc34)cs1)cn2CCCCN1CCOCC1. The smallest absolute Gasteiger partial charge is 0.140 e. The molecule has 1 fully saturated rings. The van der Waals surface area contributed by atoms with Crippen LogP contribution in [0.5, 0.6) is 5.75 Å². The van der Waals surface area contributed by atoms with E-state index in [1.807, 2.05) is 25.4 Å². The second kappa shape index (κ2) is 10.0. The lowest BCUT2D eigenvalue weighted by atomic mass is 10.1. The summed E-state index contributed by atoms with van der Waals surface area (Å²) >= 11 is 1.69. The molecule has 0 aliphatic carbocycles. The fourth-order valence-corrected chi connectivity index (χ4v) is 5.98. The third-order valence-electron chi connectivity index (χ3n) is 7.06. The molecule has 4 aromatic heterocycles. The highest BCUT2D eigenvalue weighted by Crippen LogP contribution is 2.38. The Hall–Kier alpha value is -3.20. The van der Waals surface area contributed by atoms with E-state index in [9.17, 15) is 0 Å². The van der Waals surface area contributed by atoms with Gasteiger partial charge < -0.3 is 18.6 Å². The van der Waals surface area contributed by atoms with Gasteiger partial charge in [-0.15, -0.1) is 11.3 Å². The minimum absolute atomic E-state index is 0.860. The molecule has 1 aliphatic heterocycles. The van der Waals surface area contributed by atoms with Gasteiger partial charge in [-0.1, -0.05) is 0 Å². The molecule has 0 radical (unpaired) electrons. The Morgan fingerprint density at radius 1 is 1.03 bits per heavy atom. The van der Waals surface area contributed by atoms with Crippen molar-refractivity contribution in [3.63, 3.8) is 0 Å². The average molecular weight is 502 g/mol. The lowest BCUT2D eigenvalue weighted by molar-refractivity contribution is 0.0371. The van der Waals surface area contributed by atoms with Gasteiger partial charge in [0, 0.05) is 78.1 Å². The van der Waals surface area contributed by atoms with E-state index in [-0.39, 0.29) is 0 Å². The van der Waals surface area contributed by atoms with Crippen molar-refractivity contribution in [2.45, 2.75) is 19.4 Å². The lowest BCUT2D eigenvalue weighted by Gasteiger charge is -2.26. The molecule has 0 amide bonds. The molecule has 36 heavy (non-hydrogen) atoms. The molecule has 8 heteroatoms. The molecule has 5 aromatic rings. The molecule has 1 aliphatic rings. The standard InChI is InChI=1S/C28H31N5O2S/c1-31-17-23(21-6-5-9-29-27(21)31)25-19-36-28(30-25)24-18-33(26-8-7-20(34-2)16-22(24)26)11-4-3-10-32-12-14-35-15-13-32/h5-9,16-19H,3-4,10-15H2,1-2H3. The van der Waals surface area contributed by atoms with Crippen molar-refractivity contribution in [2.75, 3.05) is 40.0 Å². The third-order valence-corrected chi connectivity index (χ3v) is 7.94. The number of rotatable bonds is 8. The zero-order valence-corrected chi connectivity index (χ0v) is 21.6. The number of morpholine rings is 1. The first-order chi connectivity index (χ1) is 17.7. The van der Waals surface area contributed by atoms with E-state index in [1.54, 1.807) is 18.4 Å². The van der Waals surface area contributed by atoms with Gasteiger partial charge in [-0.25, -0.2) is 9.97 Å². The fourth-order valence-electron chi connectivity index (χ4n) is 5.14. The molecule has 0 N–H and O–H groups in total. The number of fused-ring (bicyclic) bond motifs is 2. The molecule has 186 valence electrons. The number of ether oxygens (including phenoxy) is 2. The number of hydrogen-bond donors (Lipinski definition) is 0. The second-order valence-electron chi connectivity index (χ2n) is 9.35. The highest BCUT2D eigenvalue weighted by atomic mass is 32.1. The van der Waals surface area contributed by atoms with Crippen LogP contribution in [0.1, 0.15) is 12.8 Å². The molecule has 0 unspecified atom stereocenters. The molecule has 0 atom stereocenters. The zero-order chi connectivity index (χ0) is 24.5. The van der Waals surface area contributed by atoms with Gasteiger partial charge in [0.05, 0.1) is 26.0 Å². The average Bonchev–Trinajstić information content (AvgIpc) is 3.63. The molecule has 0 bridgehead atoms. The van der Waals surface area contributed by atoms with Crippen LogP contribution >= 0.6 is 11.3 Å². The summed E-state index contributed by atoms with van der Waals surface area (Å²) in [5.74, 6) is 0.866. The summed E-state index contributed by atoms with van der Waals surface area (Å²) in [5, 5.41) is 5.49. The van der Waals surface area contributed by atoms with Crippen molar-refractivity contribution in [2.24, 2.45) is 7.05 Å². The maximum Gasteiger partial charge on any atom is 0.140 e. The maximum absolute atomic E-state index is 5.56. The Morgan fingerprint density at radius 2 is 1.89 bits per heavy atom. The van der Waals surface area contributed by atoms with Crippen LogP contribution in [0.3, 0.4) is 0 Å². The molecular formula is C28H31N5O2S. The number of pyridine rings is 1. The van der Waals surface area contributed by atoms with Gasteiger partial charge in [0.25, 0.3) is 0 Å². The summed E-state index contributed by atoms with van der Waals surface area (Å²) in [6.45, 7) is 5.95. The summed E-state index contributed by atoms with van der Waals surface area (Å²) in [6, 6.07) is 10.5. The summed E-state index contributed by atoms with van der Waals surface area (Å²) in [5.41, 5.74) is 5.46. The maximum atomic E-state index is 5.56. The number of benzene rings is 1. The van der Waals surface area contributed by atoms with Crippen molar-refractivity contribution in [3.8, 4) is 27.6 Å². The quantitative estimate of drug-likeness (QED) is 0.265. The Kier molecular flexibility index (Phi) is 6.48. The van der Waals surface area contributed by atoms with Crippen LogP contribution < -0.4 is 4.74 Å². The highest BCUT2D eigenvalue weighted by Gasteiger charge is 2.17. The largest absolute Gasteiger partial charge is 0.497 e.